The van der Waals surface area contributed by atoms with Crippen LogP contribution in [0.1, 0.15) is 36.0 Å². The molecule has 174 valence electrons. The van der Waals surface area contributed by atoms with Crippen LogP contribution in [0.5, 0.6) is 0 Å². The standard InChI is InChI=1S/C25H26F2N2O3S/c1-3-29-13-12-17-10-11-22(28-33(2,31)32)20(23(17)25(29)30)15-16-6-4-7-18(14-16)19-8-5-9-21(26)24(19)27/h4-9,12-14,20,22,28H,3,10-11,15H2,1-2H3. The van der Waals surface area contributed by atoms with Crippen molar-refractivity contribution >= 4 is 10.0 Å². The van der Waals surface area contributed by atoms with Gasteiger partial charge in [0.2, 0.25) is 10.0 Å². The van der Waals surface area contributed by atoms with E-state index in [0.717, 1.165) is 23.4 Å². The zero-order chi connectivity index (χ0) is 23.8. The van der Waals surface area contributed by atoms with Crippen LogP contribution >= 0.6 is 0 Å². The Balaban J connectivity index is 1.78. The van der Waals surface area contributed by atoms with E-state index in [4.69, 9.17) is 0 Å². The predicted octanol–water partition coefficient (Wildman–Crippen LogP) is 4.00. The zero-order valence-corrected chi connectivity index (χ0v) is 19.3. The summed E-state index contributed by atoms with van der Waals surface area (Å²) < 4.78 is 56.6. The van der Waals surface area contributed by atoms with Gasteiger partial charge in [-0.25, -0.2) is 21.9 Å². The summed E-state index contributed by atoms with van der Waals surface area (Å²) in [6.07, 6.45) is 4.44. The van der Waals surface area contributed by atoms with Crippen molar-refractivity contribution in [2.75, 3.05) is 6.26 Å². The second-order valence-electron chi connectivity index (χ2n) is 8.49. The monoisotopic (exact) mass is 472 g/mol. The number of nitrogens with one attached hydrogen (secondary N) is 1. The first-order chi connectivity index (χ1) is 15.7. The Hall–Kier alpha value is -2.84. The van der Waals surface area contributed by atoms with Crippen LogP contribution in [0.2, 0.25) is 0 Å². The molecule has 0 saturated heterocycles. The van der Waals surface area contributed by atoms with Gasteiger partial charge in [0, 0.05) is 35.8 Å². The maximum atomic E-state index is 14.4. The maximum absolute atomic E-state index is 14.4. The van der Waals surface area contributed by atoms with Gasteiger partial charge in [-0.1, -0.05) is 36.4 Å². The highest BCUT2D eigenvalue weighted by atomic mass is 32.2. The van der Waals surface area contributed by atoms with Gasteiger partial charge >= 0.3 is 0 Å². The van der Waals surface area contributed by atoms with Crippen molar-refractivity contribution in [2.24, 2.45) is 0 Å². The van der Waals surface area contributed by atoms with Crippen LogP contribution in [-0.4, -0.2) is 25.3 Å². The van der Waals surface area contributed by atoms with Crippen molar-refractivity contribution in [3.8, 4) is 11.1 Å². The Morgan fingerprint density at radius 2 is 1.88 bits per heavy atom. The van der Waals surface area contributed by atoms with Crippen LogP contribution in [0.25, 0.3) is 11.1 Å². The van der Waals surface area contributed by atoms with Crippen LogP contribution < -0.4 is 10.3 Å². The van der Waals surface area contributed by atoms with Crippen molar-refractivity contribution in [2.45, 2.75) is 44.7 Å². The zero-order valence-electron chi connectivity index (χ0n) is 18.5. The van der Waals surface area contributed by atoms with Crippen LogP contribution in [0.4, 0.5) is 8.78 Å². The van der Waals surface area contributed by atoms with Crippen molar-refractivity contribution in [1.29, 1.82) is 0 Å². The first-order valence-corrected chi connectivity index (χ1v) is 12.8. The van der Waals surface area contributed by atoms with E-state index in [9.17, 15) is 22.0 Å². The summed E-state index contributed by atoms with van der Waals surface area (Å²) in [7, 11) is -3.49. The topological polar surface area (TPSA) is 68.2 Å². The molecule has 4 rings (SSSR count). The van der Waals surface area contributed by atoms with Gasteiger partial charge in [0.25, 0.3) is 5.56 Å². The Morgan fingerprint density at radius 3 is 2.61 bits per heavy atom. The number of aromatic nitrogens is 1. The summed E-state index contributed by atoms with van der Waals surface area (Å²) in [4.78, 5) is 13.2. The first kappa shape index (κ1) is 23.3. The summed E-state index contributed by atoms with van der Waals surface area (Å²) >= 11 is 0. The fourth-order valence-corrected chi connectivity index (χ4v) is 5.55. The highest BCUT2D eigenvalue weighted by Crippen LogP contribution is 2.34. The molecule has 1 aliphatic rings. The third-order valence-corrected chi connectivity index (χ3v) is 6.96. The summed E-state index contributed by atoms with van der Waals surface area (Å²) in [5, 5.41) is 0. The lowest BCUT2D eigenvalue weighted by molar-refractivity contribution is 0.424. The molecule has 2 unspecified atom stereocenters. The van der Waals surface area contributed by atoms with Crippen LogP contribution in [0.3, 0.4) is 0 Å². The molecule has 1 N–H and O–H groups in total. The fourth-order valence-electron chi connectivity index (χ4n) is 4.71. The number of nitrogens with zero attached hydrogens (tertiary/aromatic N) is 1. The molecule has 8 heteroatoms. The van der Waals surface area contributed by atoms with Gasteiger partial charge in [-0.3, -0.25) is 4.79 Å². The molecule has 33 heavy (non-hydrogen) atoms. The third-order valence-electron chi connectivity index (χ3n) is 6.23. The molecular formula is C25H26F2N2O3S. The second-order valence-corrected chi connectivity index (χ2v) is 10.3. The lowest BCUT2D eigenvalue weighted by atomic mass is 9.77. The largest absolute Gasteiger partial charge is 0.316 e. The molecule has 2 atom stereocenters. The van der Waals surface area contributed by atoms with Gasteiger partial charge < -0.3 is 4.57 Å². The van der Waals surface area contributed by atoms with Crippen LogP contribution in [0, 0.1) is 11.6 Å². The van der Waals surface area contributed by atoms with E-state index in [-0.39, 0.29) is 17.0 Å². The lowest BCUT2D eigenvalue weighted by Gasteiger charge is -2.33. The first-order valence-electron chi connectivity index (χ1n) is 10.9. The van der Waals surface area contributed by atoms with E-state index in [0.29, 0.717) is 36.9 Å². The van der Waals surface area contributed by atoms with Crippen molar-refractivity contribution in [1.82, 2.24) is 9.29 Å². The molecule has 1 heterocycles. The summed E-state index contributed by atoms with van der Waals surface area (Å²) in [5.41, 5.74) is 2.91. The molecule has 0 radical (unpaired) electrons. The van der Waals surface area contributed by atoms with E-state index in [1.54, 1.807) is 29.0 Å². The predicted molar refractivity (Wildman–Crippen MR) is 125 cm³/mol. The molecule has 0 spiro atoms. The van der Waals surface area contributed by atoms with Crippen LogP contribution in [-0.2, 0) is 29.4 Å². The average molecular weight is 473 g/mol. The SMILES string of the molecule is CCn1ccc2c(c1=O)C(Cc1cccc(-c3cccc(F)c3F)c1)C(NS(C)(=O)=O)CC2. The second kappa shape index (κ2) is 9.19. The Bertz CT molecular complexity index is 1350. The number of pyridine rings is 1. The highest BCUT2D eigenvalue weighted by Gasteiger charge is 2.34. The third kappa shape index (κ3) is 4.91. The van der Waals surface area contributed by atoms with Gasteiger partial charge in [0.15, 0.2) is 11.6 Å². The number of fused-ring (bicyclic) bond motifs is 1. The van der Waals surface area contributed by atoms with Gasteiger partial charge in [0.05, 0.1) is 6.26 Å². The van der Waals surface area contributed by atoms with Crippen molar-refractivity contribution < 1.29 is 17.2 Å². The molecule has 1 aromatic heterocycles. The molecular weight excluding hydrogens is 446 g/mol. The normalized spacial score (nSPS) is 18.2. The molecule has 0 amide bonds. The molecule has 0 bridgehead atoms. The minimum absolute atomic E-state index is 0.118. The quantitative estimate of drug-likeness (QED) is 0.590. The number of sulfonamides is 1. The lowest BCUT2D eigenvalue weighted by Crippen LogP contribution is -2.45. The number of halogens is 2. The van der Waals surface area contributed by atoms with E-state index in [1.807, 2.05) is 19.1 Å². The minimum Gasteiger partial charge on any atom is -0.316 e. The fraction of sp³-hybridized carbons (Fsp3) is 0.320. The van der Waals surface area contributed by atoms with Crippen molar-refractivity contribution in [3.63, 3.8) is 0 Å². The average Bonchev–Trinajstić information content (AvgIpc) is 2.76. The van der Waals surface area contributed by atoms with Gasteiger partial charge in [0.1, 0.15) is 0 Å². The number of benzene rings is 2. The van der Waals surface area contributed by atoms with Crippen molar-refractivity contribution in [3.05, 3.63) is 93.4 Å². The molecule has 3 aromatic rings. The van der Waals surface area contributed by atoms with E-state index < -0.39 is 27.7 Å². The minimum atomic E-state index is -3.49. The summed E-state index contributed by atoms with van der Waals surface area (Å²) in [6.45, 7) is 2.40. The molecule has 0 saturated carbocycles. The van der Waals surface area contributed by atoms with Crippen LogP contribution in [0.15, 0.2) is 59.5 Å². The van der Waals surface area contributed by atoms with E-state index >= 15 is 0 Å². The summed E-state index contributed by atoms with van der Waals surface area (Å²) in [6, 6.07) is 12.6. The van der Waals surface area contributed by atoms with Gasteiger partial charge in [-0.15, -0.1) is 0 Å². The Kier molecular flexibility index (Phi) is 6.50. The number of hydrogen-bond acceptors (Lipinski definition) is 3. The van der Waals surface area contributed by atoms with Gasteiger partial charge in [-0.05, 0) is 55.0 Å². The van der Waals surface area contributed by atoms with Gasteiger partial charge in [-0.2, -0.15) is 0 Å². The molecule has 0 aliphatic heterocycles. The number of rotatable bonds is 6. The summed E-state index contributed by atoms with van der Waals surface area (Å²) in [5.74, 6) is -2.22. The number of aryl methyl sites for hydroxylation is 2. The van der Waals surface area contributed by atoms with E-state index in [1.165, 1.54) is 12.1 Å². The maximum Gasteiger partial charge on any atom is 0.254 e. The molecule has 0 fully saturated rings. The van der Waals surface area contributed by atoms with E-state index in [2.05, 4.69) is 4.72 Å². The molecule has 5 nitrogen and oxygen atoms in total. The molecule has 2 aromatic carbocycles. The Labute approximate surface area is 192 Å². The molecule has 1 aliphatic carbocycles. The highest BCUT2D eigenvalue weighted by molar-refractivity contribution is 7.88. The number of hydrogen-bond donors (Lipinski definition) is 1. The Morgan fingerprint density at radius 1 is 1.12 bits per heavy atom. The smallest absolute Gasteiger partial charge is 0.254 e.